The highest BCUT2D eigenvalue weighted by Gasteiger charge is 2.27. The molecule has 0 aromatic heterocycles. The SMILES string of the molecule is C=C(C)C(=O)O[P+](=O)OCC[N+](C)(C)C. The van der Waals surface area contributed by atoms with Gasteiger partial charge in [-0.15, -0.1) is 4.52 Å². The van der Waals surface area contributed by atoms with E-state index in [-0.39, 0.29) is 12.2 Å². The van der Waals surface area contributed by atoms with E-state index >= 15 is 0 Å². The lowest BCUT2D eigenvalue weighted by atomic mass is 10.4. The Morgan fingerprint density at radius 3 is 2.33 bits per heavy atom. The van der Waals surface area contributed by atoms with E-state index < -0.39 is 14.2 Å². The van der Waals surface area contributed by atoms with Gasteiger partial charge in [0.15, 0.2) is 6.61 Å². The molecule has 0 bridgehead atoms. The minimum Gasteiger partial charge on any atom is -0.329 e. The predicted molar refractivity (Wildman–Crippen MR) is 57.4 cm³/mol. The van der Waals surface area contributed by atoms with Crippen molar-refractivity contribution in [3.8, 4) is 0 Å². The summed E-state index contributed by atoms with van der Waals surface area (Å²) in [5, 5.41) is 0. The lowest BCUT2D eigenvalue weighted by Crippen LogP contribution is -2.37. The monoisotopic (exact) mass is 235 g/mol. The fraction of sp³-hybridized carbons (Fsp3) is 0.667. The molecule has 0 aliphatic carbocycles. The van der Waals surface area contributed by atoms with Crippen molar-refractivity contribution in [1.82, 2.24) is 0 Å². The van der Waals surface area contributed by atoms with Crippen molar-refractivity contribution in [3.05, 3.63) is 12.2 Å². The molecule has 0 aromatic carbocycles. The summed E-state index contributed by atoms with van der Waals surface area (Å²) < 4.78 is 21.1. The summed E-state index contributed by atoms with van der Waals surface area (Å²) in [7, 11) is 3.57. The predicted octanol–water partition coefficient (Wildman–Crippen LogP) is 1.49. The van der Waals surface area contributed by atoms with Crippen molar-refractivity contribution in [2.75, 3.05) is 34.3 Å². The Hall–Kier alpha value is -0.770. The van der Waals surface area contributed by atoms with Crippen molar-refractivity contribution in [3.63, 3.8) is 0 Å². The fourth-order valence-corrected chi connectivity index (χ4v) is 1.14. The fourth-order valence-electron chi connectivity index (χ4n) is 0.561. The average molecular weight is 235 g/mol. The largest absolute Gasteiger partial charge is 0.753 e. The number of carbonyl (C=O) groups excluding carboxylic acids is 1. The maximum atomic E-state index is 11.1. The number of nitrogens with zero attached hydrogens (tertiary/aromatic N) is 1. The maximum absolute atomic E-state index is 11.1. The first-order valence-corrected chi connectivity index (χ1v) is 5.60. The molecule has 1 unspecified atom stereocenters. The quantitative estimate of drug-likeness (QED) is 0.397. The second-order valence-electron chi connectivity index (χ2n) is 4.23. The molecule has 0 spiro atoms. The van der Waals surface area contributed by atoms with Crippen LogP contribution in [-0.2, 0) is 18.4 Å². The van der Waals surface area contributed by atoms with Gasteiger partial charge in [0, 0.05) is 10.1 Å². The van der Waals surface area contributed by atoms with Crippen LogP contribution in [0.1, 0.15) is 6.92 Å². The summed E-state index contributed by atoms with van der Waals surface area (Å²) >= 11 is 0. The molecular formula is C9H18NO4P+2. The van der Waals surface area contributed by atoms with E-state index in [9.17, 15) is 9.36 Å². The third-order valence-electron chi connectivity index (χ3n) is 1.46. The van der Waals surface area contributed by atoms with Gasteiger partial charge in [-0.2, -0.15) is 4.52 Å². The van der Waals surface area contributed by atoms with Crippen LogP contribution in [0.25, 0.3) is 0 Å². The highest BCUT2D eigenvalue weighted by atomic mass is 31.1. The van der Waals surface area contributed by atoms with E-state index in [1.807, 2.05) is 21.1 Å². The minimum atomic E-state index is -2.38. The Labute approximate surface area is 91.2 Å². The van der Waals surface area contributed by atoms with Gasteiger partial charge in [-0.25, -0.2) is 4.79 Å². The normalized spacial score (nSPS) is 12.1. The molecule has 6 heteroatoms. The minimum absolute atomic E-state index is 0.202. The zero-order valence-corrected chi connectivity index (χ0v) is 10.5. The van der Waals surface area contributed by atoms with Gasteiger partial charge < -0.3 is 4.48 Å². The van der Waals surface area contributed by atoms with Crippen LogP contribution < -0.4 is 0 Å². The molecule has 1 atom stereocenters. The van der Waals surface area contributed by atoms with Crippen molar-refractivity contribution in [1.29, 1.82) is 0 Å². The molecule has 0 radical (unpaired) electrons. The Morgan fingerprint density at radius 1 is 1.40 bits per heavy atom. The first-order valence-electron chi connectivity index (χ1n) is 4.51. The lowest BCUT2D eigenvalue weighted by Gasteiger charge is -2.21. The number of hydrogen-bond acceptors (Lipinski definition) is 4. The molecule has 0 saturated carbocycles. The Kier molecular flexibility index (Phi) is 5.65. The van der Waals surface area contributed by atoms with E-state index in [1.165, 1.54) is 6.92 Å². The van der Waals surface area contributed by atoms with E-state index in [1.54, 1.807) is 0 Å². The molecule has 5 nitrogen and oxygen atoms in total. The van der Waals surface area contributed by atoms with E-state index in [2.05, 4.69) is 11.1 Å². The van der Waals surface area contributed by atoms with Crippen molar-refractivity contribution in [2.24, 2.45) is 0 Å². The van der Waals surface area contributed by atoms with Crippen LogP contribution in [0.5, 0.6) is 0 Å². The molecule has 86 valence electrons. The van der Waals surface area contributed by atoms with Crippen LogP contribution in [0, 0.1) is 0 Å². The highest BCUT2D eigenvalue weighted by molar-refractivity contribution is 7.34. The van der Waals surface area contributed by atoms with Crippen molar-refractivity contribution >= 4 is 14.2 Å². The molecule has 0 aliphatic rings. The molecule has 0 aliphatic heterocycles. The van der Waals surface area contributed by atoms with Gasteiger partial charge in [-0.3, -0.25) is 0 Å². The first-order chi connectivity index (χ1) is 6.72. The molecule has 15 heavy (non-hydrogen) atoms. The van der Waals surface area contributed by atoms with E-state index in [4.69, 9.17) is 4.52 Å². The molecule has 0 aromatic rings. The highest BCUT2D eigenvalue weighted by Crippen LogP contribution is 2.24. The zero-order chi connectivity index (χ0) is 12.1. The Balaban J connectivity index is 3.77. The third kappa shape index (κ3) is 8.24. The van der Waals surface area contributed by atoms with Crippen LogP contribution in [0.2, 0.25) is 0 Å². The van der Waals surface area contributed by atoms with Crippen LogP contribution in [0.4, 0.5) is 0 Å². The molecule has 0 amide bonds. The van der Waals surface area contributed by atoms with Gasteiger partial charge >= 0.3 is 14.2 Å². The van der Waals surface area contributed by atoms with Gasteiger partial charge in [0.2, 0.25) is 0 Å². The second kappa shape index (κ2) is 5.95. The topological polar surface area (TPSA) is 52.6 Å². The second-order valence-corrected chi connectivity index (χ2v) is 5.12. The van der Waals surface area contributed by atoms with Crippen molar-refractivity contribution in [2.45, 2.75) is 6.92 Å². The molecule has 0 rings (SSSR count). The summed E-state index contributed by atoms with van der Waals surface area (Å²) in [5.41, 5.74) is 0.202. The van der Waals surface area contributed by atoms with Crippen LogP contribution >= 0.6 is 8.25 Å². The van der Waals surface area contributed by atoms with Gasteiger partial charge in [-0.05, 0) is 6.92 Å². The van der Waals surface area contributed by atoms with Crippen LogP contribution in [0.15, 0.2) is 12.2 Å². The Bertz CT molecular complexity index is 270. The van der Waals surface area contributed by atoms with Crippen LogP contribution in [0.3, 0.4) is 0 Å². The number of rotatable bonds is 6. The van der Waals surface area contributed by atoms with Gasteiger partial charge in [-0.1, -0.05) is 6.58 Å². The molecule has 0 N–H and O–H groups in total. The molecular weight excluding hydrogens is 217 g/mol. The summed E-state index contributed by atoms with van der Waals surface area (Å²) in [4.78, 5) is 10.9. The third-order valence-corrected chi connectivity index (χ3v) is 2.17. The lowest BCUT2D eigenvalue weighted by molar-refractivity contribution is -0.870. The van der Waals surface area contributed by atoms with Gasteiger partial charge in [0.05, 0.1) is 21.1 Å². The molecule has 0 saturated heterocycles. The molecule has 0 fully saturated rings. The number of hydrogen-bond donors (Lipinski definition) is 0. The number of quaternary nitrogens is 1. The van der Waals surface area contributed by atoms with E-state index in [0.717, 1.165) is 0 Å². The standard InChI is InChI=1S/C9H18NO4P/c1-8(2)9(11)14-15(12)13-7-6-10(3,4)5/h1,6-7H2,2-5H3/q+2. The summed E-state index contributed by atoms with van der Waals surface area (Å²) in [6, 6.07) is 0. The summed E-state index contributed by atoms with van der Waals surface area (Å²) in [5.74, 6) is -0.693. The van der Waals surface area contributed by atoms with Gasteiger partial charge in [0.25, 0.3) is 0 Å². The molecule has 0 heterocycles. The number of carbonyl (C=O) groups is 1. The Morgan fingerprint density at radius 2 is 1.93 bits per heavy atom. The van der Waals surface area contributed by atoms with Crippen molar-refractivity contribution < 1.29 is 22.9 Å². The summed E-state index contributed by atoms with van der Waals surface area (Å²) in [6.07, 6.45) is 0. The zero-order valence-electron chi connectivity index (χ0n) is 9.65. The first kappa shape index (κ1) is 14.2. The van der Waals surface area contributed by atoms with Gasteiger partial charge in [0.1, 0.15) is 6.54 Å². The van der Waals surface area contributed by atoms with E-state index in [0.29, 0.717) is 11.0 Å². The smallest absolute Gasteiger partial charge is 0.329 e. The number of likely N-dealkylation sites (N-methyl/N-ethyl adjacent to an activating group) is 1. The van der Waals surface area contributed by atoms with Crippen LogP contribution in [-0.4, -0.2) is 44.7 Å². The average Bonchev–Trinajstić information content (AvgIpc) is 2.01. The maximum Gasteiger partial charge on any atom is 0.753 e. The summed E-state index contributed by atoms with van der Waals surface area (Å²) in [6.45, 7) is 5.82.